The van der Waals surface area contributed by atoms with E-state index in [1.807, 2.05) is 61.5 Å². The fourth-order valence-electron chi connectivity index (χ4n) is 3.61. The Hall–Kier alpha value is -4.46. The summed E-state index contributed by atoms with van der Waals surface area (Å²) in [7, 11) is 0. The highest BCUT2D eigenvalue weighted by molar-refractivity contribution is 6.02. The van der Waals surface area contributed by atoms with Crippen LogP contribution in [0.5, 0.6) is 11.5 Å². The van der Waals surface area contributed by atoms with Gasteiger partial charge in [-0.3, -0.25) is 14.4 Å². The highest BCUT2D eigenvalue weighted by atomic mass is 16.5. The van der Waals surface area contributed by atoms with Gasteiger partial charge in [-0.05, 0) is 36.8 Å². The molecule has 0 aromatic heterocycles. The van der Waals surface area contributed by atoms with Crippen LogP contribution in [-0.2, 0) is 19.1 Å². The Morgan fingerprint density at radius 1 is 0.917 bits per heavy atom. The number of hydrazone groups is 1. The van der Waals surface area contributed by atoms with E-state index in [0.717, 1.165) is 16.8 Å². The van der Waals surface area contributed by atoms with Gasteiger partial charge in [0.2, 0.25) is 5.91 Å². The van der Waals surface area contributed by atoms with Crippen LogP contribution < -0.4 is 10.1 Å². The van der Waals surface area contributed by atoms with Gasteiger partial charge in [0.15, 0.2) is 12.4 Å². The second kappa shape index (κ2) is 11.8. The van der Waals surface area contributed by atoms with E-state index in [2.05, 4.69) is 10.4 Å². The molecular weight excluding hydrogens is 458 g/mol. The first-order valence-corrected chi connectivity index (χ1v) is 11.7. The van der Waals surface area contributed by atoms with E-state index in [1.54, 1.807) is 24.3 Å². The highest BCUT2D eigenvalue weighted by Gasteiger charge is 2.22. The first-order valence-electron chi connectivity index (χ1n) is 11.7. The Kier molecular flexibility index (Phi) is 8.08. The third-order valence-electron chi connectivity index (χ3n) is 5.51. The van der Waals surface area contributed by atoms with Crippen LogP contribution in [0.1, 0.15) is 30.4 Å². The van der Waals surface area contributed by atoms with Gasteiger partial charge in [0, 0.05) is 12.8 Å². The largest absolute Gasteiger partial charge is 0.456 e. The lowest BCUT2D eigenvalue weighted by Gasteiger charge is -2.13. The van der Waals surface area contributed by atoms with E-state index in [-0.39, 0.29) is 18.7 Å². The molecule has 1 heterocycles. The third kappa shape index (κ3) is 6.79. The molecule has 0 spiro atoms. The normalized spacial score (nSPS) is 12.6. The first-order chi connectivity index (χ1) is 17.5. The van der Waals surface area contributed by atoms with Crippen molar-refractivity contribution in [1.82, 2.24) is 5.01 Å². The van der Waals surface area contributed by atoms with Gasteiger partial charge in [-0.1, -0.05) is 60.2 Å². The zero-order chi connectivity index (χ0) is 25.3. The molecule has 0 bridgehead atoms. The van der Waals surface area contributed by atoms with Crippen molar-refractivity contribution in [3.63, 3.8) is 0 Å². The minimum atomic E-state index is -0.630. The molecule has 1 N–H and O–H groups in total. The molecule has 3 aromatic carbocycles. The van der Waals surface area contributed by atoms with Crippen molar-refractivity contribution >= 4 is 29.2 Å². The molecule has 3 aromatic rings. The molecule has 0 fully saturated rings. The number of nitrogens with zero attached hydrogens (tertiary/aromatic N) is 2. The lowest BCUT2D eigenvalue weighted by Crippen LogP contribution is -2.25. The Bertz CT molecular complexity index is 1260. The van der Waals surface area contributed by atoms with Crippen LogP contribution in [0.15, 0.2) is 84.0 Å². The number of benzene rings is 3. The molecule has 0 aliphatic carbocycles. The predicted octanol–water partition coefficient (Wildman–Crippen LogP) is 4.69. The number of hydrogen-bond acceptors (Lipinski definition) is 6. The second-order valence-electron chi connectivity index (χ2n) is 8.30. The second-order valence-corrected chi connectivity index (χ2v) is 8.30. The maximum absolute atomic E-state index is 12.4. The summed E-state index contributed by atoms with van der Waals surface area (Å²) in [4.78, 5) is 36.9. The molecule has 184 valence electrons. The number of esters is 1. The fourth-order valence-corrected chi connectivity index (χ4v) is 3.61. The first kappa shape index (κ1) is 24.7. The molecule has 1 aliphatic heterocycles. The Balaban J connectivity index is 1.22. The summed E-state index contributed by atoms with van der Waals surface area (Å²) in [5.41, 5.74) is 3.38. The number of nitrogens with one attached hydrogen (secondary N) is 1. The molecule has 36 heavy (non-hydrogen) atoms. The van der Waals surface area contributed by atoms with Crippen LogP contribution in [0.2, 0.25) is 0 Å². The van der Waals surface area contributed by atoms with E-state index >= 15 is 0 Å². The number of para-hydroxylation sites is 2. The zero-order valence-electron chi connectivity index (χ0n) is 20.0. The topological polar surface area (TPSA) is 97.3 Å². The van der Waals surface area contributed by atoms with Crippen LogP contribution in [0.3, 0.4) is 0 Å². The van der Waals surface area contributed by atoms with E-state index in [9.17, 15) is 14.4 Å². The van der Waals surface area contributed by atoms with Crippen molar-refractivity contribution < 1.29 is 23.9 Å². The Morgan fingerprint density at radius 3 is 2.42 bits per heavy atom. The monoisotopic (exact) mass is 485 g/mol. The van der Waals surface area contributed by atoms with E-state index in [4.69, 9.17) is 9.47 Å². The van der Waals surface area contributed by atoms with Crippen molar-refractivity contribution in [1.29, 1.82) is 0 Å². The van der Waals surface area contributed by atoms with Gasteiger partial charge in [0.05, 0.1) is 24.4 Å². The van der Waals surface area contributed by atoms with E-state index < -0.39 is 18.5 Å². The lowest BCUT2D eigenvalue weighted by molar-refractivity contribution is -0.148. The van der Waals surface area contributed by atoms with Gasteiger partial charge < -0.3 is 14.8 Å². The summed E-state index contributed by atoms with van der Waals surface area (Å²) in [5, 5.41) is 8.45. The van der Waals surface area contributed by atoms with Gasteiger partial charge in [-0.15, -0.1) is 0 Å². The molecule has 2 amide bonds. The summed E-state index contributed by atoms with van der Waals surface area (Å²) < 4.78 is 10.9. The van der Waals surface area contributed by atoms with Gasteiger partial charge in [-0.2, -0.15) is 5.10 Å². The number of rotatable bonds is 9. The highest BCUT2D eigenvalue weighted by Crippen LogP contribution is 2.29. The predicted molar refractivity (Wildman–Crippen MR) is 136 cm³/mol. The van der Waals surface area contributed by atoms with Crippen LogP contribution in [0.4, 0.5) is 5.69 Å². The summed E-state index contributed by atoms with van der Waals surface area (Å²) in [6.45, 7) is 1.99. The molecule has 0 unspecified atom stereocenters. The van der Waals surface area contributed by atoms with Crippen molar-refractivity contribution in [2.75, 3.05) is 18.5 Å². The average molecular weight is 486 g/mol. The van der Waals surface area contributed by atoms with E-state index in [0.29, 0.717) is 30.2 Å². The summed E-state index contributed by atoms with van der Waals surface area (Å²) in [6.07, 6.45) is 0.487. The molecule has 8 nitrogen and oxygen atoms in total. The molecule has 8 heteroatoms. The molecule has 0 atom stereocenters. The summed E-state index contributed by atoms with van der Waals surface area (Å²) >= 11 is 0. The maximum Gasteiger partial charge on any atom is 0.306 e. The van der Waals surface area contributed by atoms with Crippen LogP contribution in [0, 0.1) is 6.92 Å². The minimum absolute atomic E-state index is 0.0424. The quantitative estimate of drug-likeness (QED) is 0.444. The standard InChI is InChI=1S/C28H27N3O5/c1-20-11-13-22(14-12-20)36-25-10-6-5-9-24(25)29-26(32)19-35-28(34)16-15-27(33)31-18-17-23(30-31)21-7-3-2-4-8-21/h2-14H,15-19H2,1H3,(H,29,32). The Morgan fingerprint density at radius 2 is 1.64 bits per heavy atom. The molecule has 0 radical (unpaired) electrons. The number of anilines is 1. The number of amides is 2. The number of ether oxygens (including phenoxy) is 2. The van der Waals surface area contributed by atoms with Crippen molar-refractivity contribution in [3.8, 4) is 11.5 Å². The molecular formula is C28H27N3O5. The van der Waals surface area contributed by atoms with Gasteiger partial charge in [-0.25, -0.2) is 5.01 Å². The average Bonchev–Trinajstić information content (AvgIpc) is 3.40. The smallest absolute Gasteiger partial charge is 0.306 e. The van der Waals surface area contributed by atoms with Crippen molar-refractivity contribution in [2.45, 2.75) is 26.2 Å². The molecule has 4 rings (SSSR count). The molecule has 0 saturated heterocycles. The van der Waals surface area contributed by atoms with Crippen molar-refractivity contribution in [2.24, 2.45) is 5.10 Å². The van der Waals surface area contributed by atoms with Gasteiger partial charge in [0.25, 0.3) is 5.91 Å². The Labute approximate surface area is 209 Å². The number of aryl methyl sites for hydroxylation is 1. The lowest BCUT2D eigenvalue weighted by atomic mass is 10.1. The molecule has 1 aliphatic rings. The van der Waals surface area contributed by atoms with Crippen LogP contribution in [-0.4, -0.2) is 41.7 Å². The zero-order valence-corrected chi connectivity index (χ0v) is 20.0. The van der Waals surface area contributed by atoms with Crippen molar-refractivity contribution in [3.05, 3.63) is 90.0 Å². The summed E-state index contributed by atoms with van der Waals surface area (Å²) in [5.74, 6) is -0.297. The fraction of sp³-hybridized carbons (Fsp3) is 0.214. The SMILES string of the molecule is Cc1ccc(Oc2ccccc2NC(=O)COC(=O)CCC(=O)N2CCC(c3ccccc3)=N2)cc1. The van der Waals surface area contributed by atoms with E-state index in [1.165, 1.54) is 5.01 Å². The number of carbonyl (C=O) groups excluding carboxylic acids is 3. The summed E-state index contributed by atoms with van der Waals surface area (Å²) in [6, 6.07) is 24.2. The third-order valence-corrected chi connectivity index (χ3v) is 5.51. The van der Waals surface area contributed by atoms with Crippen LogP contribution >= 0.6 is 0 Å². The maximum atomic E-state index is 12.4. The minimum Gasteiger partial charge on any atom is -0.456 e. The van der Waals surface area contributed by atoms with Crippen LogP contribution in [0.25, 0.3) is 0 Å². The molecule has 0 saturated carbocycles. The van der Waals surface area contributed by atoms with Gasteiger partial charge >= 0.3 is 5.97 Å². The van der Waals surface area contributed by atoms with Gasteiger partial charge in [0.1, 0.15) is 5.75 Å². The number of carbonyl (C=O) groups is 3. The number of hydrogen-bond donors (Lipinski definition) is 1.